The Balaban J connectivity index is 2.41. The van der Waals surface area contributed by atoms with Gasteiger partial charge in [0, 0.05) is 11.3 Å². The lowest BCUT2D eigenvalue weighted by atomic mass is 10.0. The third-order valence-electron chi connectivity index (χ3n) is 2.53. The van der Waals surface area contributed by atoms with Crippen LogP contribution in [0, 0.1) is 0 Å². The first-order valence-electron chi connectivity index (χ1n) is 5.44. The maximum absolute atomic E-state index is 10.6. The molecule has 1 amide bonds. The molecule has 2 aromatic carbocycles. The Bertz CT molecular complexity index is 566. The highest BCUT2D eigenvalue weighted by Gasteiger charge is 2.06. The maximum Gasteiger partial charge on any atom is 0.409 e. The second-order valence-corrected chi connectivity index (χ2v) is 3.71. The molecule has 0 bridgehead atoms. The van der Waals surface area contributed by atoms with Gasteiger partial charge in [-0.2, -0.15) is 0 Å². The van der Waals surface area contributed by atoms with Crippen LogP contribution < -0.4 is 10.1 Å². The minimum atomic E-state index is -1.08. The molecule has 0 aliphatic heterocycles. The lowest BCUT2D eigenvalue weighted by Gasteiger charge is -2.09. The number of ether oxygens (including phenoxy) is 1. The van der Waals surface area contributed by atoms with E-state index in [-0.39, 0.29) is 0 Å². The summed E-state index contributed by atoms with van der Waals surface area (Å²) in [6.07, 6.45) is -1.08. The van der Waals surface area contributed by atoms with Crippen molar-refractivity contribution in [2.24, 2.45) is 0 Å². The van der Waals surface area contributed by atoms with Crippen LogP contribution in [0.25, 0.3) is 11.1 Å². The van der Waals surface area contributed by atoms with Crippen LogP contribution in [0.5, 0.6) is 5.75 Å². The molecular weight excluding hydrogens is 230 g/mol. The predicted octanol–water partition coefficient (Wildman–Crippen LogP) is 3.45. The van der Waals surface area contributed by atoms with Gasteiger partial charge in [-0.05, 0) is 23.8 Å². The van der Waals surface area contributed by atoms with Gasteiger partial charge in [0.05, 0.1) is 7.11 Å². The Kier molecular flexibility index (Phi) is 3.48. The van der Waals surface area contributed by atoms with Crippen molar-refractivity contribution >= 4 is 11.8 Å². The van der Waals surface area contributed by atoms with Crippen LogP contribution in [0.3, 0.4) is 0 Å². The zero-order valence-corrected chi connectivity index (χ0v) is 9.88. The van der Waals surface area contributed by atoms with E-state index in [1.807, 2.05) is 30.3 Å². The van der Waals surface area contributed by atoms with Crippen molar-refractivity contribution in [3.05, 3.63) is 48.5 Å². The van der Waals surface area contributed by atoms with Crippen LogP contribution in [0.4, 0.5) is 10.5 Å². The van der Waals surface area contributed by atoms with E-state index in [9.17, 15) is 4.79 Å². The number of hydrogen-bond acceptors (Lipinski definition) is 2. The van der Waals surface area contributed by atoms with Crippen molar-refractivity contribution in [2.75, 3.05) is 12.4 Å². The number of carbonyl (C=O) groups is 1. The highest BCUT2D eigenvalue weighted by Crippen LogP contribution is 2.30. The smallest absolute Gasteiger partial charge is 0.409 e. The summed E-state index contributed by atoms with van der Waals surface area (Å²) in [6, 6.07) is 14.8. The van der Waals surface area contributed by atoms with Crippen molar-refractivity contribution in [3.8, 4) is 16.9 Å². The predicted molar refractivity (Wildman–Crippen MR) is 70.1 cm³/mol. The molecule has 0 aliphatic carbocycles. The molecule has 0 fully saturated rings. The molecule has 0 unspecified atom stereocenters. The number of benzene rings is 2. The summed E-state index contributed by atoms with van der Waals surface area (Å²) in [6.45, 7) is 0. The van der Waals surface area contributed by atoms with Crippen LogP contribution in [-0.4, -0.2) is 18.3 Å². The van der Waals surface area contributed by atoms with Crippen LogP contribution >= 0.6 is 0 Å². The molecule has 0 radical (unpaired) electrons. The molecule has 2 aromatic rings. The molecule has 2 N–H and O–H groups in total. The first-order valence-corrected chi connectivity index (χ1v) is 5.44. The SMILES string of the molecule is COc1ccccc1-c1cccc(NC(=O)O)c1. The zero-order valence-electron chi connectivity index (χ0n) is 9.88. The topological polar surface area (TPSA) is 58.6 Å². The van der Waals surface area contributed by atoms with Gasteiger partial charge in [0.1, 0.15) is 5.75 Å². The van der Waals surface area contributed by atoms with E-state index in [0.717, 1.165) is 16.9 Å². The highest BCUT2D eigenvalue weighted by molar-refractivity contribution is 5.84. The van der Waals surface area contributed by atoms with Gasteiger partial charge in [0.2, 0.25) is 0 Å². The van der Waals surface area contributed by atoms with Gasteiger partial charge in [0.15, 0.2) is 0 Å². The first kappa shape index (κ1) is 12.0. The fourth-order valence-corrected chi connectivity index (χ4v) is 1.77. The summed E-state index contributed by atoms with van der Waals surface area (Å²) < 4.78 is 5.28. The molecule has 0 saturated carbocycles. The molecule has 4 nitrogen and oxygen atoms in total. The summed E-state index contributed by atoms with van der Waals surface area (Å²) in [5, 5.41) is 11.0. The van der Waals surface area contributed by atoms with E-state index in [1.54, 1.807) is 25.3 Å². The number of carboxylic acid groups (broad SMARTS) is 1. The van der Waals surface area contributed by atoms with Crippen molar-refractivity contribution in [2.45, 2.75) is 0 Å². The number of methoxy groups -OCH3 is 1. The van der Waals surface area contributed by atoms with Gasteiger partial charge in [-0.1, -0.05) is 30.3 Å². The Morgan fingerprint density at radius 1 is 1.17 bits per heavy atom. The van der Waals surface area contributed by atoms with Gasteiger partial charge in [-0.3, -0.25) is 5.32 Å². The summed E-state index contributed by atoms with van der Waals surface area (Å²) in [7, 11) is 1.61. The van der Waals surface area contributed by atoms with Crippen LogP contribution in [-0.2, 0) is 0 Å². The Morgan fingerprint density at radius 3 is 2.67 bits per heavy atom. The van der Waals surface area contributed by atoms with Gasteiger partial charge >= 0.3 is 6.09 Å². The monoisotopic (exact) mass is 243 g/mol. The molecule has 0 aromatic heterocycles. The van der Waals surface area contributed by atoms with Crippen LogP contribution in [0.2, 0.25) is 0 Å². The second-order valence-electron chi connectivity index (χ2n) is 3.71. The molecular formula is C14H13NO3. The van der Waals surface area contributed by atoms with E-state index in [0.29, 0.717) is 5.69 Å². The van der Waals surface area contributed by atoms with E-state index in [1.165, 1.54) is 0 Å². The van der Waals surface area contributed by atoms with Crippen LogP contribution in [0.15, 0.2) is 48.5 Å². The molecule has 0 aliphatic rings. The number of para-hydroxylation sites is 1. The van der Waals surface area contributed by atoms with E-state index in [2.05, 4.69) is 5.32 Å². The maximum atomic E-state index is 10.6. The number of rotatable bonds is 3. The van der Waals surface area contributed by atoms with Gasteiger partial charge in [-0.25, -0.2) is 4.79 Å². The minimum Gasteiger partial charge on any atom is -0.496 e. The molecule has 92 valence electrons. The Hall–Kier alpha value is -2.49. The quantitative estimate of drug-likeness (QED) is 0.868. The Morgan fingerprint density at radius 2 is 1.94 bits per heavy atom. The third kappa shape index (κ3) is 2.60. The molecule has 0 heterocycles. The number of anilines is 1. The van der Waals surface area contributed by atoms with E-state index in [4.69, 9.17) is 9.84 Å². The second kappa shape index (κ2) is 5.23. The van der Waals surface area contributed by atoms with Crippen molar-refractivity contribution < 1.29 is 14.6 Å². The Labute approximate surface area is 105 Å². The van der Waals surface area contributed by atoms with E-state index >= 15 is 0 Å². The molecule has 0 saturated heterocycles. The highest BCUT2D eigenvalue weighted by atomic mass is 16.5. The summed E-state index contributed by atoms with van der Waals surface area (Å²) in [5.74, 6) is 0.755. The fraction of sp³-hybridized carbons (Fsp3) is 0.0714. The molecule has 4 heteroatoms. The van der Waals surface area contributed by atoms with Crippen molar-refractivity contribution in [1.29, 1.82) is 0 Å². The van der Waals surface area contributed by atoms with Gasteiger partial charge < -0.3 is 9.84 Å². The lowest BCUT2D eigenvalue weighted by Crippen LogP contribution is -2.06. The first-order chi connectivity index (χ1) is 8.70. The lowest BCUT2D eigenvalue weighted by molar-refractivity contribution is 0.210. The summed E-state index contributed by atoms with van der Waals surface area (Å²) in [5.41, 5.74) is 2.36. The third-order valence-corrected chi connectivity index (χ3v) is 2.53. The zero-order chi connectivity index (χ0) is 13.0. The molecule has 0 spiro atoms. The van der Waals surface area contributed by atoms with E-state index < -0.39 is 6.09 Å². The number of nitrogens with one attached hydrogen (secondary N) is 1. The standard InChI is InChI=1S/C14H13NO3/c1-18-13-8-3-2-7-12(13)10-5-4-6-11(9-10)15-14(16)17/h2-9,15H,1H3,(H,16,17). The molecule has 18 heavy (non-hydrogen) atoms. The fourth-order valence-electron chi connectivity index (χ4n) is 1.77. The van der Waals surface area contributed by atoms with Crippen LogP contribution in [0.1, 0.15) is 0 Å². The molecule has 2 rings (SSSR count). The normalized spacial score (nSPS) is 9.83. The van der Waals surface area contributed by atoms with Gasteiger partial charge in [0.25, 0.3) is 0 Å². The average Bonchev–Trinajstić information content (AvgIpc) is 2.38. The number of amides is 1. The summed E-state index contributed by atoms with van der Waals surface area (Å²) in [4.78, 5) is 10.6. The van der Waals surface area contributed by atoms with Gasteiger partial charge in [-0.15, -0.1) is 0 Å². The average molecular weight is 243 g/mol. The number of hydrogen-bond donors (Lipinski definition) is 2. The summed E-state index contributed by atoms with van der Waals surface area (Å²) >= 11 is 0. The van der Waals surface area contributed by atoms with Crippen molar-refractivity contribution in [1.82, 2.24) is 0 Å². The minimum absolute atomic E-state index is 0.533. The largest absolute Gasteiger partial charge is 0.496 e. The molecule has 0 atom stereocenters. The van der Waals surface area contributed by atoms with Crippen molar-refractivity contribution in [3.63, 3.8) is 0 Å².